The molecule has 0 unspecified atom stereocenters. The highest BCUT2D eigenvalue weighted by Gasteiger charge is 2.17. The quantitative estimate of drug-likeness (QED) is 0.535. The Bertz CT molecular complexity index is 1250. The van der Waals surface area contributed by atoms with E-state index >= 15 is 0 Å². The van der Waals surface area contributed by atoms with Crippen molar-refractivity contribution in [3.63, 3.8) is 0 Å². The number of amides is 1. The Balaban J connectivity index is 1.52. The molecule has 2 aromatic heterocycles. The fourth-order valence-electron chi connectivity index (χ4n) is 2.91. The number of anilines is 1. The van der Waals surface area contributed by atoms with Gasteiger partial charge in [-0.1, -0.05) is 41.0 Å². The molecule has 0 saturated carbocycles. The topological polar surface area (TPSA) is 72.7 Å². The summed E-state index contributed by atoms with van der Waals surface area (Å²) >= 11 is 0. The summed E-state index contributed by atoms with van der Waals surface area (Å²) in [5, 5.41) is 11.1. The van der Waals surface area contributed by atoms with Gasteiger partial charge in [-0.3, -0.25) is 4.79 Å². The van der Waals surface area contributed by atoms with E-state index < -0.39 is 0 Å². The minimum absolute atomic E-state index is 0.278. The lowest BCUT2D eigenvalue weighted by Gasteiger charge is -2.06. The number of aryl methyl sites for hydroxylation is 1. The molecule has 0 bridgehead atoms. The summed E-state index contributed by atoms with van der Waals surface area (Å²) in [5.74, 6) is 5.75. The molecule has 2 aromatic carbocycles. The third-order valence-electron chi connectivity index (χ3n) is 4.51. The smallest absolute Gasteiger partial charge is 0.278 e. The Morgan fingerprint density at radius 1 is 0.967 bits per heavy atom. The molecular weight excluding hydrogens is 374 g/mol. The monoisotopic (exact) mass is 393 g/mol. The van der Waals surface area contributed by atoms with Crippen LogP contribution in [0.2, 0.25) is 0 Å². The third kappa shape index (κ3) is 4.26. The van der Waals surface area contributed by atoms with Crippen LogP contribution >= 0.6 is 0 Å². The highest BCUT2D eigenvalue weighted by Crippen LogP contribution is 2.16. The molecule has 4 rings (SSSR count). The number of hydrogen-bond acceptors (Lipinski definition) is 4. The number of pyridine rings is 1. The first-order valence-electron chi connectivity index (χ1n) is 9.44. The number of carbonyl (C=O) groups excluding carboxylic acids is 1. The summed E-state index contributed by atoms with van der Waals surface area (Å²) in [6.07, 6.45) is 1.70. The van der Waals surface area contributed by atoms with E-state index in [1.165, 1.54) is 0 Å². The van der Waals surface area contributed by atoms with Crippen LogP contribution in [0.3, 0.4) is 0 Å². The van der Waals surface area contributed by atoms with Crippen LogP contribution < -0.4 is 5.32 Å². The van der Waals surface area contributed by atoms with Gasteiger partial charge in [0.2, 0.25) is 0 Å². The first kappa shape index (κ1) is 19.1. The number of nitrogens with one attached hydrogen (secondary N) is 1. The summed E-state index contributed by atoms with van der Waals surface area (Å²) < 4.78 is 1.66. The van der Waals surface area contributed by atoms with E-state index in [1.807, 2.05) is 80.6 Å². The molecular formula is C24H19N5O. The first-order chi connectivity index (χ1) is 14.6. The zero-order chi connectivity index (χ0) is 20.9. The van der Waals surface area contributed by atoms with Crippen molar-refractivity contribution in [1.29, 1.82) is 0 Å². The summed E-state index contributed by atoms with van der Waals surface area (Å²) in [4.78, 5) is 16.9. The standard InChI is InChI=1S/C24H19N5O/c1-17-9-13-22(14-10-17)29-18(2)23(27-28-29)24(30)26-21-8-5-6-19(16-21)11-12-20-7-3-4-15-25-20/h3-10,13-16H,1-2H3,(H,26,30). The minimum Gasteiger partial charge on any atom is -0.320 e. The highest BCUT2D eigenvalue weighted by molar-refractivity contribution is 6.03. The Labute approximate surface area is 174 Å². The van der Waals surface area contributed by atoms with Crippen molar-refractivity contribution >= 4 is 11.6 Å². The molecule has 0 radical (unpaired) electrons. The van der Waals surface area contributed by atoms with Crippen molar-refractivity contribution in [3.8, 4) is 17.5 Å². The molecule has 30 heavy (non-hydrogen) atoms. The number of benzene rings is 2. The Kier molecular flexibility index (Phi) is 5.35. The molecule has 0 fully saturated rings. The van der Waals surface area contributed by atoms with Crippen LogP contribution in [-0.2, 0) is 0 Å². The van der Waals surface area contributed by atoms with Gasteiger partial charge in [0.15, 0.2) is 5.69 Å². The molecule has 0 atom stereocenters. The van der Waals surface area contributed by atoms with Gasteiger partial charge in [0.1, 0.15) is 5.69 Å². The highest BCUT2D eigenvalue weighted by atomic mass is 16.2. The fourth-order valence-corrected chi connectivity index (χ4v) is 2.91. The normalized spacial score (nSPS) is 10.2. The van der Waals surface area contributed by atoms with Crippen molar-refractivity contribution < 1.29 is 4.79 Å². The largest absolute Gasteiger partial charge is 0.320 e. The lowest BCUT2D eigenvalue weighted by Crippen LogP contribution is -2.14. The number of rotatable bonds is 3. The minimum atomic E-state index is -0.319. The molecule has 0 aliphatic rings. The molecule has 0 aliphatic carbocycles. The molecule has 1 N–H and O–H groups in total. The number of aromatic nitrogens is 4. The van der Waals surface area contributed by atoms with Gasteiger partial charge in [0, 0.05) is 17.4 Å². The van der Waals surface area contributed by atoms with Gasteiger partial charge in [-0.05, 0) is 62.2 Å². The van der Waals surface area contributed by atoms with Crippen molar-refractivity contribution in [2.75, 3.05) is 5.32 Å². The molecule has 1 amide bonds. The van der Waals surface area contributed by atoms with Crippen LogP contribution in [0.15, 0.2) is 72.9 Å². The van der Waals surface area contributed by atoms with Gasteiger partial charge in [-0.15, -0.1) is 5.10 Å². The van der Waals surface area contributed by atoms with E-state index in [9.17, 15) is 4.79 Å². The maximum absolute atomic E-state index is 12.8. The Morgan fingerprint density at radius 3 is 2.57 bits per heavy atom. The van der Waals surface area contributed by atoms with Crippen molar-refractivity contribution in [3.05, 3.63) is 101 Å². The van der Waals surface area contributed by atoms with Gasteiger partial charge in [-0.2, -0.15) is 0 Å². The van der Waals surface area contributed by atoms with Crippen molar-refractivity contribution in [2.45, 2.75) is 13.8 Å². The first-order valence-corrected chi connectivity index (χ1v) is 9.44. The number of hydrogen-bond donors (Lipinski definition) is 1. The van der Waals surface area contributed by atoms with Gasteiger partial charge in [-0.25, -0.2) is 9.67 Å². The molecule has 146 valence electrons. The van der Waals surface area contributed by atoms with E-state index in [0.29, 0.717) is 17.1 Å². The average Bonchev–Trinajstić information content (AvgIpc) is 3.15. The van der Waals surface area contributed by atoms with Gasteiger partial charge in [0.05, 0.1) is 11.4 Å². The molecule has 6 nitrogen and oxygen atoms in total. The molecule has 4 aromatic rings. The zero-order valence-corrected chi connectivity index (χ0v) is 16.6. The lowest BCUT2D eigenvalue weighted by atomic mass is 10.2. The molecule has 0 saturated heterocycles. The maximum Gasteiger partial charge on any atom is 0.278 e. The van der Waals surface area contributed by atoms with Crippen LogP contribution in [0.4, 0.5) is 5.69 Å². The summed E-state index contributed by atoms with van der Waals surface area (Å²) in [7, 11) is 0. The van der Waals surface area contributed by atoms with E-state index in [-0.39, 0.29) is 11.6 Å². The van der Waals surface area contributed by atoms with Crippen LogP contribution in [0.1, 0.15) is 33.0 Å². The third-order valence-corrected chi connectivity index (χ3v) is 4.51. The zero-order valence-electron chi connectivity index (χ0n) is 16.6. The summed E-state index contributed by atoms with van der Waals surface area (Å²) in [6.45, 7) is 3.84. The molecule has 0 aliphatic heterocycles. The van der Waals surface area contributed by atoms with Crippen molar-refractivity contribution in [2.24, 2.45) is 0 Å². The maximum atomic E-state index is 12.8. The predicted molar refractivity (Wildman–Crippen MR) is 115 cm³/mol. The average molecular weight is 393 g/mol. The van der Waals surface area contributed by atoms with E-state index in [2.05, 4.69) is 32.5 Å². The Hall–Kier alpha value is -4.24. The predicted octanol–water partition coefficient (Wildman–Crippen LogP) is 3.93. The summed E-state index contributed by atoms with van der Waals surface area (Å²) in [6, 6.07) is 20.8. The van der Waals surface area contributed by atoms with Gasteiger partial charge < -0.3 is 5.32 Å². The van der Waals surface area contributed by atoms with E-state index in [0.717, 1.165) is 16.8 Å². The van der Waals surface area contributed by atoms with E-state index in [1.54, 1.807) is 10.9 Å². The number of nitrogens with zero attached hydrogens (tertiary/aromatic N) is 4. The van der Waals surface area contributed by atoms with Gasteiger partial charge >= 0.3 is 0 Å². The molecule has 0 spiro atoms. The summed E-state index contributed by atoms with van der Waals surface area (Å²) in [5.41, 5.74) is 5.06. The number of carbonyl (C=O) groups is 1. The molecule has 6 heteroatoms. The van der Waals surface area contributed by atoms with Crippen molar-refractivity contribution in [1.82, 2.24) is 20.0 Å². The lowest BCUT2D eigenvalue weighted by molar-refractivity contribution is 0.102. The molecule has 2 heterocycles. The SMILES string of the molecule is Cc1ccc(-n2nnc(C(=O)Nc3cccc(C#Cc4ccccn4)c3)c2C)cc1. The second-order valence-corrected chi connectivity index (χ2v) is 6.77. The Morgan fingerprint density at radius 2 is 1.80 bits per heavy atom. The van der Waals surface area contributed by atoms with Crippen LogP contribution in [0.25, 0.3) is 5.69 Å². The fraction of sp³-hybridized carbons (Fsp3) is 0.0833. The van der Waals surface area contributed by atoms with Gasteiger partial charge in [0.25, 0.3) is 5.91 Å². The van der Waals surface area contributed by atoms with Crippen LogP contribution in [0.5, 0.6) is 0 Å². The van der Waals surface area contributed by atoms with Crippen LogP contribution in [0, 0.1) is 25.7 Å². The second-order valence-electron chi connectivity index (χ2n) is 6.77. The van der Waals surface area contributed by atoms with E-state index in [4.69, 9.17) is 0 Å². The second kappa shape index (κ2) is 8.41. The van der Waals surface area contributed by atoms with Crippen LogP contribution in [-0.4, -0.2) is 25.9 Å².